The molecule has 96 valence electrons. The highest BCUT2D eigenvalue weighted by Crippen LogP contribution is 2.15. The third kappa shape index (κ3) is 3.65. The summed E-state index contributed by atoms with van der Waals surface area (Å²) in [6.45, 7) is 5.05. The van der Waals surface area contributed by atoms with Crippen molar-refractivity contribution >= 4 is 11.3 Å². The summed E-state index contributed by atoms with van der Waals surface area (Å²) in [6.07, 6.45) is 0.719. The van der Waals surface area contributed by atoms with E-state index in [-0.39, 0.29) is 11.9 Å². The number of nitrogens with one attached hydrogen (secondary N) is 1. The van der Waals surface area contributed by atoms with Gasteiger partial charge < -0.3 is 5.32 Å². The van der Waals surface area contributed by atoms with Crippen molar-refractivity contribution in [2.75, 3.05) is 0 Å². The normalized spacial score (nSPS) is 12.6. The highest BCUT2D eigenvalue weighted by Gasteiger charge is 2.07. The molecule has 1 aromatic heterocycles. The van der Waals surface area contributed by atoms with Crippen molar-refractivity contribution in [2.24, 2.45) is 0 Å². The number of rotatable bonds is 5. The SMILES string of the molecule is Cc1ccc(CNC(C)Cc2ccccc2F)s1. The van der Waals surface area contributed by atoms with Gasteiger partial charge in [-0.1, -0.05) is 18.2 Å². The van der Waals surface area contributed by atoms with Crippen LogP contribution in [-0.4, -0.2) is 6.04 Å². The maximum atomic E-state index is 13.5. The molecule has 0 amide bonds. The number of thiophene rings is 1. The third-order valence-electron chi connectivity index (χ3n) is 2.90. The van der Waals surface area contributed by atoms with Crippen LogP contribution in [0, 0.1) is 12.7 Å². The summed E-state index contributed by atoms with van der Waals surface area (Å²) in [5.74, 6) is -0.113. The van der Waals surface area contributed by atoms with E-state index < -0.39 is 0 Å². The first-order chi connectivity index (χ1) is 8.65. The Morgan fingerprint density at radius 2 is 2.00 bits per heavy atom. The molecule has 3 heteroatoms. The van der Waals surface area contributed by atoms with E-state index in [0.29, 0.717) is 0 Å². The summed E-state index contributed by atoms with van der Waals surface area (Å²) >= 11 is 1.80. The molecule has 0 saturated carbocycles. The van der Waals surface area contributed by atoms with Gasteiger partial charge in [0.1, 0.15) is 5.82 Å². The zero-order valence-corrected chi connectivity index (χ0v) is 11.6. The summed E-state index contributed by atoms with van der Waals surface area (Å²) in [5, 5.41) is 3.43. The molecule has 1 aromatic carbocycles. The Labute approximate surface area is 112 Å². The van der Waals surface area contributed by atoms with Gasteiger partial charge in [-0.15, -0.1) is 11.3 Å². The molecule has 0 aliphatic heterocycles. The van der Waals surface area contributed by atoms with E-state index in [1.807, 2.05) is 12.1 Å². The molecule has 0 aliphatic rings. The van der Waals surface area contributed by atoms with Crippen molar-refractivity contribution in [3.05, 3.63) is 57.5 Å². The second kappa shape index (κ2) is 6.12. The maximum absolute atomic E-state index is 13.5. The molecule has 0 fully saturated rings. The minimum Gasteiger partial charge on any atom is -0.309 e. The van der Waals surface area contributed by atoms with Crippen molar-refractivity contribution in [3.63, 3.8) is 0 Å². The van der Waals surface area contributed by atoms with E-state index in [1.165, 1.54) is 15.8 Å². The van der Waals surface area contributed by atoms with Gasteiger partial charge in [0.15, 0.2) is 0 Å². The highest BCUT2D eigenvalue weighted by atomic mass is 32.1. The van der Waals surface area contributed by atoms with Crippen LogP contribution in [0.15, 0.2) is 36.4 Å². The maximum Gasteiger partial charge on any atom is 0.126 e. The molecule has 0 bridgehead atoms. The lowest BCUT2D eigenvalue weighted by atomic mass is 10.1. The van der Waals surface area contributed by atoms with Crippen LogP contribution in [0.25, 0.3) is 0 Å². The van der Waals surface area contributed by atoms with Gasteiger partial charge in [-0.2, -0.15) is 0 Å². The molecule has 2 rings (SSSR count). The average molecular weight is 263 g/mol. The van der Waals surface area contributed by atoms with Crippen LogP contribution in [0.1, 0.15) is 22.2 Å². The Hall–Kier alpha value is -1.19. The van der Waals surface area contributed by atoms with Gasteiger partial charge in [-0.25, -0.2) is 4.39 Å². The van der Waals surface area contributed by atoms with Crippen molar-refractivity contribution in [1.29, 1.82) is 0 Å². The molecule has 1 N–H and O–H groups in total. The summed E-state index contributed by atoms with van der Waals surface area (Å²) in [4.78, 5) is 2.65. The first-order valence-corrected chi connectivity index (χ1v) is 6.99. The van der Waals surface area contributed by atoms with Gasteiger partial charge >= 0.3 is 0 Å². The van der Waals surface area contributed by atoms with E-state index in [0.717, 1.165) is 18.5 Å². The first kappa shape index (κ1) is 13.2. The number of benzene rings is 1. The zero-order chi connectivity index (χ0) is 13.0. The van der Waals surface area contributed by atoms with E-state index in [2.05, 4.69) is 31.3 Å². The molecule has 1 nitrogen and oxygen atoms in total. The van der Waals surface area contributed by atoms with Gasteiger partial charge in [0.05, 0.1) is 0 Å². The van der Waals surface area contributed by atoms with Crippen LogP contribution in [-0.2, 0) is 13.0 Å². The van der Waals surface area contributed by atoms with Crippen LogP contribution in [0.2, 0.25) is 0 Å². The topological polar surface area (TPSA) is 12.0 Å². The van der Waals surface area contributed by atoms with E-state index in [1.54, 1.807) is 17.4 Å². The number of hydrogen-bond donors (Lipinski definition) is 1. The molecule has 2 aromatic rings. The van der Waals surface area contributed by atoms with Gasteiger partial charge in [0, 0.05) is 22.3 Å². The highest BCUT2D eigenvalue weighted by molar-refractivity contribution is 7.11. The molecule has 0 saturated heterocycles. The average Bonchev–Trinajstić information content (AvgIpc) is 2.76. The Morgan fingerprint density at radius 1 is 1.22 bits per heavy atom. The number of hydrogen-bond acceptors (Lipinski definition) is 2. The second-order valence-electron chi connectivity index (χ2n) is 4.59. The van der Waals surface area contributed by atoms with Gasteiger partial charge in [0.2, 0.25) is 0 Å². The Bertz CT molecular complexity index is 507. The van der Waals surface area contributed by atoms with E-state index >= 15 is 0 Å². The molecular formula is C15H18FNS. The van der Waals surface area contributed by atoms with Crippen molar-refractivity contribution in [2.45, 2.75) is 32.9 Å². The third-order valence-corrected chi connectivity index (χ3v) is 3.91. The van der Waals surface area contributed by atoms with Crippen LogP contribution >= 0.6 is 11.3 Å². The predicted molar refractivity (Wildman–Crippen MR) is 75.5 cm³/mol. The molecule has 0 spiro atoms. The van der Waals surface area contributed by atoms with Crippen LogP contribution < -0.4 is 5.32 Å². The van der Waals surface area contributed by atoms with Crippen LogP contribution in [0.4, 0.5) is 4.39 Å². The smallest absolute Gasteiger partial charge is 0.126 e. The van der Waals surface area contributed by atoms with E-state index in [9.17, 15) is 4.39 Å². The Balaban J connectivity index is 1.85. The van der Waals surface area contributed by atoms with Crippen LogP contribution in [0.5, 0.6) is 0 Å². The van der Waals surface area contributed by atoms with Crippen LogP contribution in [0.3, 0.4) is 0 Å². The molecular weight excluding hydrogens is 245 g/mol. The van der Waals surface area contributed by atoms with Crippen molar-refractivity contribution in [3.8, 4) is 0 Å². The van der Waals surface area contributed by atoms with Gasteiger partial charge in [-0.3, -0.25) is 0 Å². The fourth-order valence-electron chi connectivity index (χ4n) is 1.92. The first-order valence-electron chi connectivity index (χ1n) is 6.17. The summed E-state index contributed by atoms with van der Waals surface area (Å²) in [7, 11) is 0. The summed E-state index contributed by atoms with van der Waals surface area (Å²) in [6, 6.07) is 11.5. The quantitative estimate of drug-likeness (QED) is 0.862. The molecule has 18 heavy (non-hydrogen) atoms. The van der Waals surface area contributed by atoms with Crippen molar-refractivity contribution in [1.82, 2.24) is 5.32 Å². The molecule has 0 aliphatic carbocycles. The molecule has 0 radical (unpaired) electrons. The molecule has 1 heterocycles. The van der Waals surface area contributed by atoms with E-state index in [4.69, 9.17) is 0 Å². The minimum absolute atomic E-state index is 0.113. The van der Waals surface area contributed by atoms with Gasteiger partial charge in [-0.05, 0) is 44.0 Å². The Kier molecular flexibility index (Phi) is 4.50. The minimum atomic E-state index is -0.113. The lowest BCUT2D eigenvalue weighted by Gasteiger charge is -2.13. The lowest BCUT2D eigenvalue weighted by molar-refractivity contribution is 0.528. The second-order valence-corrected chi connectivity index (χ2v) is 5.96. The number of halogens is 1. The fraction of sp³-hybridized carbons (Fsp3) is 0.333. The zero-order valence-electron chi connectivity index (χ0n) is 10.7. The Morgan fingerprint density at radius 3 is 2.67 bits per heavy atom. The summed E-state index contributed by atoms with van der Waals surface area (Å²) < 4.78 is 13.5. The molecule has 1 atom stereocenters. The predicted octanol–water partition coefficient (Wildman–Crippen LogP) is 3.92. The fourth-order valence-corrected chi connectivity index (χ4v) is 2.76. The standard InChI is InChI=1S/C15H18FNS/c1-11(9-13-5-3-4-6-15(13)16)17-10-14-8-7-12(2)18-14/h3-8,11,17H,9-10H2,1-2H3. The monoisotopic (exact) mass is 263 g/mol. The number of aryl methyl sites for hydroxylation is 1. The van der Waals surface area contributed by atoms with Gasteiger partial charge in [0.25, 0.3) is 0 Å². The molecule has 1 unspecified atom stereocenters. The largest absolute Gasteiger partial charge is 0.309 e. The lowest BCUT2D eigenvalue weighted by Crippen LogP contribution is -2.27. The van der Waals surface area contributed by atoms with Crippen molar-refractivity contribution < 1.29 is 4.39 Å². The summed E-state index contributed by atoms with van der Waals surface area (Å²) in [5.41, 5.74) is 0.778.